The molecule has 3 heteroatoms. The molecule has 0 aromatic heterocycles. The van der Waals surface area contributed by atoms with Crippen LogP contribution < -0.4 is 5.43 Å². The maximum atomic E-state index is 5.26. The van der Waals surface area contributed by atoms with Gasteiger partial charge in [0.2, 0.25) is 0 Å². The molecule has 0 radical (unpaired) electrons. The van der Waals surface area contributed by atoms with Crippen molar-refractivity contribution in [1.82, 2.24) is 5.43 Å². The van der Waals surface area contributed by atoms with E-state index in [1.54, 1.807) is 0 Å². The molecule has 3 nitrogen and oxygen atoms in total. The van der Waals surface area contributed by atoms with Crippen molar-refractivity contribution in [3.05, 3.63) is 0 Å². The molecule has 0 aromatic carbocycles. The van der Waals surface area contributed by atoms with Gasteiger partial charge in [-0.2, -0.15) is 5.10 Å². The molecule has 2 aliphatic heterocycles. The van der Waals surface area contributed by atoms with Crippen LogP contribution >= 0.6 is 0 Å². The molecule has 0 bridgehead atoms. The summed E-state index contributed by atoms with van der Waals surface area (Å²) in [7, 11) is 0. The van der Waals surface area contributed by atoms with Crippen LogP contribution in [0.1, 0.15) is 6.42 Å². The van der Waals surface area contributed by atoms with Gasteiger partial charge in [0.25, 0.3) is 0 Å². The first-order chi connectivity index (χ1) is 4.47. The van der Waals surface area contributed by atoms with E-state index in [4.69, 9.17) is 4.74 Å². The van der Waals surface area contributed by atoms with Crippen molar-refractivity contribution < 1.29 is 4.74 Å². The fourth-order valence-corrected chi connectivity index (χ4v) is 1.28. The lowest BCUT2D eigenvalue weighted by Crippen LogP contribution is -2.27. The van der Waals surface area contributed by atoms with Crippen LogP contribution in [-0.2, 0) is 4.74 Å². The van der Waals surface area contributed by atoms with Gasteiger partial charge in [-0.15, -0.1) is 0 Å². The first-order valence-electron chi connectivity index (χ1n) is 3.34. The minimum Gasteiger partial charge on any atom is -0.380 e. The molecular weight excluding hydrogens is 116 g/mol. The van der Waals surface area contributed by atoms with Crippen molar-refractivity contribution in [1.29, 1.82) is 0 Å². The summed E-state index contributed by atoms with van der Waals surface area (Å²) in [6, 6.07) is 0. The lowest BCUT2D eigenvalue weighted by Gasteiger charge is -2.17. The second-order valence-electron chi connectivity index (χ2n) is 2.49. The Morgan fingerprint density at radius 3 is 3.56 bits per heavy atom. The average Bonchev–Trinajstić information content (AvgIpc) is 2.33. The highest BCUT2D eigenvalue weighted by Gasteiger charge is 2.24. The second-order valence-corrected chi connectivity index (χ2v) is 2.49. The van der Waals surface area contributed by atoms with E-state index in [2.05, 4.69) is 10.5 Å². The van der Waals surface area contributed by atoms with Gasteiger partial charge in [0.15, 0.2) is 0 Å². The molecule has 2 rings (SSSR count). The predicted octanol–water partition coefficient (Wildman–Crippen LogP) is -0.0179. The summed E-state index contributed by atoms with van der Waals surface area (Å²) in [5.41, 5.74) is 4.28. The Morgan fingerprint density at radius 2 is 2.67 bits per heavy atom. The maximum Gasteiger partial charge on any atom is 0.0565 e. The highest BCUT2D eigenvalue weighted by molar-refractivity contribution is 5.88. The van der Waals surface area contributed by atoms with Gasteiger partial charge in [0, 0.05) is 24.6 Å². The van der Waals surface area contributed by atoms with E-state index in [0.717, 1.165) is 26.2 Å². The smallest absolute Gasteiger partial charge is 0.0565 e. The van der Waals surface area contributed by atoms with E-state index in [9.17, 15) is 0 Å². The number of nitrogens with zero attached hydrogens (tertiary/aromatic N) is 1. The fraction of sp³-hybridized carbons (Fsp3) is 0.833. The topological polar surface area (TPSA) is 33.6 Å². The Morgan fingerprint density at radius 1 is 1.67 bits per heavy atom. The zero-order chi connectivity index (χ0) is 6.10. The lowest BCUT2D eigenvalue weighted by atomic mass is 10.0. The minimum atomic E-state index is 0.582. The molecule has 1 fully saturated rings. The maximum absolute atomic E-state index is 5.26. The summed E-state index contributed by atoms with van der Waals surface area (Å²) in [6.45, 7) is 2.71. The summed E-state index contributed by atoms with van der Waals surface area (Å²) in [5.74, 6) is 0.582. The molecule has 0 amide bonds. The van der Waals surface area contributed by atoms with Gasteiger partial charge in [-0.1, -0.05) is 0 Å². The SMILES string of the molecule is C1CC2=NNCC2CO1. The standard InChI is InChI=1S/C6H10N2O/c1-2-9-4-5-3-7-8-6(1)5/h5,7H,1-4H2. The highest BCUT2D eigenvalue weighted by Crippen LogP contribution is 2.13. The van der Waals surface area contributed by atoms with E-state index in [1.807, 2.05) is 0 Å². The van der Waals surface area contributed by atoms with Crippen molar-refractivity contribution in [2.45, 2.75) is 6.42 Å². The number of hydrogen-bond donors (Lipinski definition) is 1. The third-order valence-electron chi connectivity index (χ3n) is 1.85. The summed E-state index contributed by atoms with van der Waals surface area (Å²) in [5, 5.41) is 4.14. The molecule has 0 spiro atoms. The Labute approximate surface area is 54.1 Å². The molecule has 1 unspecified atom stereocenters. The number of nitrogens with one attached hydrogen (secondary N) is 1. The van der Waals surface area contributed by atoms with Gasteiger partial charge in [-0.3, -0.25) is 0 Å². The van der Waals surface area contributed by atoms with Gasteiger partial charge in [-0.05, 0) is 0 Å². The van der Waals surface area contributed by atoms with Crippen molar-refractivity contribution in [2.24, 2.45) is 11.0 Å². The molecule has 1 atom stereocenters. The molecule has 0 aliphatic carbocycles. The normalized spacial score (nSPS) is 32.9. The first kappa shape index (κ1) is 5.23. The number of hydrazone groups is 1. The van der Waals surface area contributed by atoms with Crippen LogP contribution in [0, 0.1) is 5.92 Å². The molecule has 9 heavy (non-hydrogen) atoms. The van der Waals surface area contributed by atoms with E-state index >= 15 is 0 Å². The molecular formula is C6H10N2O. The lowest BCUT2D eigenvalue weighted by molar-refractivity contribution is 0.109. The minimum absolute atomic E-state index is 0.582. The van der Waals surface area contributed by atoms with Crippen LogP contribution in [0.3, 0.4) is 0 Å². The fourth-order valence-electron chi connectivity index (χ4n) is 1.28. The number of ether oxygens (including phenoxy) is 1. The molecule has 1 N–H and O–H groups in total. The van der Waals surface area contributed by atoms with Crippen LogP contribution in [0.25, 0.3) is 0 Å². The van der Waals surface area contributed by atoms with Crippen molar-refractivity contribution in [2.75, 3.05) is 19.8 Å². The van der Waals surface area contributed by atoms with E-state index in [1.165, 1.54) is 5.71 Å². The Kier molecular flexibility index (Phi) is 1.16. The van der Waals surface area contributed by atoms with Crippen molar-refractivity contribution in [3.8, 4) is 0 Å². The van der Waals surface area contributed by atoms with E-state index in [0.29, 0.717) is 5.92 Å². The zero-order valence-corrected chi connectivity index (χ0v) is 5.26. The average molecular weight is 126 g/mol. The largest absolute Gasteiger partial charge is 0.380 e. The number of rotatable bonds is 0. The third-order valence-corrected chi connectivity index (χ3v) is 1.85. The molecule has 1 saturated heterocycles. The Bertz CT molecular complexity index is 144. The summed E-state index contributed by atoms with van der Waals surface area (Å²) in [4.78, 5) is 0. The summed E-state index contributed by atoms with van der Waals surface area (Å²) in [6.07, 6.45) is 1.03. The van der Waals surface area contributed by atoms with E-state index < -0.39 is 0 Å². The molecule has 0 saturated carbocycles. The summed E-state index contributed by atoms with van der Waals surface area (Å²) >= 11 is 0. The predicted molar refractivity (Wildman–Crippen MR) is 34.4 cm³/mol. The van der Waals surface area contributed by atoms with Gasteiger partial charge < -0.3 is 10.2 Å². The number of hydrogen-bond acceptors (Lipinski definition) is 3. The van der Waals surface area contributed by atoms with Crippen LogP contribution in [0.2, 0.25) is 0 Å². The molecule has 50 valence electrons. The third kappa shape index (κ3) is 0.812. The Hall–Kier alpha value is -0.570. The van der Waals surface area contributed by atoms with E-state index in [-0.39, 0.29) is 0 Å². The van der Waals surface area contributed by atoms with Gasteiger partial charge in [-0.25, -0.2) is 0 Å². The zero-order valence-electron chi connectivity index (χ0n) is 5.26. The highest BCUT2D eigenvalue weighted by atomic mass is 16.5. The van der Waals surface area contributed by atoms with Crippen LogP contribution in [0.15, 0.2) is 5.10 Å². The molecule has 2 aliphatic rings. The first-order valence-corrected chi connectivity index (χ1v) is 3.34. The van der Waals surface area contributed by atoms with Crippen LogP contribution in [0.4, 0.5) is 0 Å². The Balaban J connectivity index is 2.09. The van der Waals surface area contributed by atoms with Gasteiger partial charge >= 0.3 is 0 Å². The quantitative estimate of drug-likeness (QED) is 0.495. The van der Waals surface area contributed by atoms with Crippen LogP contribution in [0.5, 0.6) is 0 Å². The van der Waals surface area contributed by atoms with Crippen molar-refractivity contribution in [3.63, 3.8) is 0 Å². The van der Waals surface area contributed by atoms with Gasteiger partial charge in [0.05, 0.1) is 13.2 Å². The van der Waals surface area contributed by atoms with Gasteiger partial charge in [0.1, 0.15) is 0 Å². The molecule has 0 aromatic rings. The van der Waals surface area contributed by atoms with Crippen LogP contribution in [-0.4, -0.2) is 25.5 Å². The second kappa shape index (κ2) is 1.99. The summed E-state index contributed by atoms with van der Waals surface area (Å²) < 4.78 is 5.26. The number of fused-ring (bicyclic) bond motifs is 1. The monoisotopic (exact) mass is 126 g/mol. The van der Waals surface area contributed by atoms with Crippen molar-refractivity contribution >= 4 is 5.71 Å². The molecule has 2 heterocycles.